The van der Waals surface area contributed by atoms with Crippen molar-refractivity contribution in [1.82, 2.24) is 5.32 Å². The van der Waals surface area contributed by atoms with Gasteiger partial charge in [0.15, 0.2) is 0 Å². The largest absolute Gasteiger partial charge is 0.372 e. The predicted molar refractivity (Wildman–Crippen MR) is 55.8 cm³/mol. The fourth-order valence-electron chi connectivity index (χ4n) is 1.78. The van der Waals surface area contributed by atoms with Crippen LogP contribution in [-0.2, 0) is 9.53 Å². The van der Waals surface area contributed by atoms with Crippen molar-refractivity contribution in [3.8, 4) is 0 Å². The lowest BCUT2D eigenvalue weighted by Crippen LogP contribution is -2.38. The number of rotatable bonds is 5. The number of nitrogens with one attached hydrogen (secondary N) is 1. The average Bonchev–Trinajstić information content (AvgIpc) is 2.20. The fraction of sp³-hybridized carbons (Fsp3) is 0.818. The van der Waals surface area contributed by atoms with Crippen LogP contribution in [0.15, 0.2) is 0 Å². The zero-order valence-corrected chi connectivity index (χ0v) is 8.76. The van der Waals surface area contributed by atoms with Gasteiger partial charge >= 0.3 is 0 Å². The van der Waals surface area contributed by atoms with E-state index in [9.17, 15) is 4.79 Å². The molecule has 0 aromatic carbocycles. The molecule has 3 heteroatoms. The molecule has 1 radical (unpaired) electrons. The molecule has 1 N–H and O–H groups in total. The van der Waals surface area contributed by atoms with Crippen LogP contribution in [0.2, 0.25) is 0 Å². The summed E-state index contributed by atoms with van der Waals surface area (Å²) in [5, 5.41) is 2.99. The lowest BCUT2D eigenvalue weighted by Gasteiger charge is -2.22. The number of amides is 1. The summed E-state index contributed by atoms with van der Waals surface area (Å²) in [6.45, 7) is 4.40. The second-order valence-corrected chi connectivity index (χ2v) is 3.81. The zero-order chi connectivity index (χ0) is 10.2. The van der Waals surface area contributed by atoms with Gasteiger partial charge in [0.2, 0.25) is 5.91 Å². The molecule has 0 aromatic rings. The summed E-state index contributed by atoms with van der Waals surface area (Å²) in [5.41, 5.74) is 0. The van der Waals surface area contributed by atoms with E-state index in [4.69, 9.17) is 4.74 Å². The molecule has 0 aromatic heterocycles. The molecule has 1 rings (SSSR count). The van der Waals surface area contributed by atoms with E-state index in [2.05, 4.69) is 12.2 Å². The van der Waals surface area contributed by atoms with Gasteiger partial charge in [-0.05, 0) is 19.3 Å². The first kappa shape index (κ1) is 11.5. The van der Waals surface area contributed by atoms with Crippen molar-refractivity contribution in [3.05, 3.63) is 6.92 Å². The minimum atomic E-state index is 0.0188. The van der Waals surface area contributed by atoms with Crippen LogP contribution in [0.4, 0.5) is 0 Å². The molecular weight excluding hydrogens is 178 g/mol. The van der Waals surface area contributed by atoms with Crippen molar-refractivity contribution < 1.29 is 9.53 Å². The smallest absolute Gasteiger partial charge is 0.246 e. The summed E-state index contributed by atoms with van der Waals surface area (Å²) < 4.78 is 5.11. The van der Waals surface area contributed by atoms with Crippen LogP contribution in [-0.4, -0.2) is 25.2 Å². The Morgan fingerprint density at radius 3 is 2.71 bits per heavy atom. The standard InChI is InChI=1S/C11H20NO2/c1-2-8-14-9-11(13)12-10-6-4-3-5-7-10/h10H,1-9H2,(H,12,13). The topological polar surface area (TPSA) is 38.3 Å². The van der Waals surface area contributed by atoms with Crippen molar-refractivity contribution in [2.75, 3.05) is 13.2 Å². The van der Waals surface area contributed by atoms with Gasteiger partial charge in [-0.2, -0.15) is 0 Å². The number of carbonyl (C=O) groups excluding carboxylic acids is 1. The Morgan fingerprint density at radius 2 is 2.07 bits per heavy atom. The van der Waals surface area contributed by atoms with E-state index in [1.807, 2.05) is 0 Å². The van der Waals surface area contributed by atoms with E-state index < -0.39 is 0 Å². The van der Waals surface area contributed by atoms with E-state index in [0.717, 1.165) is 19.3 Å². The monoisotopic (exact) mass is 198 g/mol. The summed E-state index contributed by atoms with van der Waals surface area (Å²) >= 11 is 0. The molecule has 0 atom stereocenters. The van der Waals surface area contributed by atoms with Gasteiger partial charge in [-0.3, -0.25) is 4.79 Å². The van der Waals surface area contributed by atoms with E-state index in [-0.39, 0.29) is 12.5 Å². The quantitative estimate of drug-likeness (QED) is 0.682. The van der Waals surface area contributed by atoms with Gasteiger partial charge in [0.25, 0.3) is 0 Å². The van der Waals surface area contributed by atoms with Crippen molar-refractivity contribution >= 4 is 5.91 Å². The van der Waals surface area contributed by atoms with Crippen molar-refractivity contribution in [1.29, 1.82) is 0 Å². The first-order valence-corrected chi connectivity index (χ1v) is 5.49. The third-order valence-electron chi connectivity index (χ3n) is 2.49. The summed E-state index contributed by atoms with van der Waals surface area (Å²) in [4.78, 5) is 11.3. The molecule has 1 aliphatic rings. The van der Waals surface area contributed by atoms with Gasteiger partial charge in [-0.15, -0.1) is 0 Å². The second-order valence-electron chi connectivity index (χ2n) is 3.81. The predicted octanol–water partition coefficient (Wildman–Crippen LogP) is 1.68. The van der Waals surface area contributed by atoms with Gasteiger partial charge in [0, 0.05) is 12.6 Å². The highest BCUT2D eigenvalue weighted by atomic mass is 16.5. The Kier molecular flexibility index (Phi) is 5.60. The van der Waals surface area contributed by atoms with Crippen LogP contribution in [0, 0.1) is 6.92 Å². The number of hydrogen-bond acceptors (Lipinski definition) is 2. The highest BCUT2D eigenvalue weighted by molar-refractivity contribution is 5.77. The molecule has 0 heterocycles. The number of ether oxygens (including phenoxy) is 1. The Morgan fingerprint density at radius 1 is 1.36 bits per heavy atom. The van der Waals surface area contributed by atoms with Crippen LogP contribution in [0.25, 0.3) is 0 Å². The van der Waals surface area contributed by atoms with Gasteiger partial charge in [0.1, 0.15) is 6.61 Å². The van der Waals surface area contributed by atoms with Crippen LogP contribution >= 0.6 is 0 Å². The molecule has 14 heavy (non-hydrogen) atoms. The third-order valence-corrected chi connectivity index (χ3v) is 2.49. The Bertz CT molecular complexity index is 165. The minimum absolute atomic E-state index is 0.0188. The molecule has 1 aliphatic carbocycles. The molecule has 0 aliphatic heterocycles. The van der Waals surface area contributed by atoms with Crippen LogP contribution in [0.3, 0.4) is 0 Å². The van der Waals surface area contributed by atoms with Gasteiger partial charge in [-0.1, -0.05) is 26.2 Å². The molecule has 1 saturated carbocycles. The normalized spacial score (nSPS) is 18.1. The summed E-state index contributed by atoms with van der Waals surface area (Å²) in [7, 11) is 0. The summed E-state index contributed by atoms with van der Waals surface area (Å²) in [5.74, 6) is 0.0188. The highest BCUT2D eigenvalue weighted by Gasteiger charge is 2.15. The molecule has 0 bridgehead atoms. The van der Waals surface area contributed by atoms with Crippen molar-refractivity contribution in [2.45, 2.75) is 44.6 Å². The maximum atomic E-state index is 11.3. The zero-order valence-electron chi connectivity index (χ0n) is 8.76. The van der Waals surface area contributed by atoms with E-state index >= 15 is 0 Å². The van der Waals surface area contributed by atoms with Gasteiger partial charge < -0.3 is 10.1 Å². The molecule has 81 valence electrons. The second kappa shape index (κ2) is 6.82. The van der Waals surface area contributed by atoms with Crippen molar-refractivity contribution in [2.24, 2.45) is 0 Å². The maximum Gasteiger partial charge on any atom is 0.246 e. The summed E-state index contributed by atoms with van der Waals surface area (Å²) in [6, 6.07) is 0.389. The number of carbonyl (C=O) groups is 1. The Hall–Kier alpha value is -0.570. The minimum Gasteiger partial charge on any atom is -0.372 e. The molecule has 1 amide bonds. The van der Waals surface area contributed by atoms with Gasteiger partial charge in [0.05, 0.1) is 0 Å². The van der Waals surface area contributed by atoms with Crippen LogP contribution < -0.4 is 5.32 Å². The van der Waals surface area contributed by atoms with E-state index in [0.29, 0.717) is 12.6 Å². The average molecular weight is 198 g/mol. The SMILES string of the molecule is [CH2]CCOCC(=O)NC1CCCCC1. The third kappa shape index (κ3) is 4.61. The highest BCUT2D eigenvalue weighted by Crippen LogP contribution is 2.17. The maximum absolute atomic E-state index is 11.3. The van der Waals surface area contributed by atoms with Crippen LogP contribution in [0.5, 0.6) is 0 Å². The fourth-order valence-corrected chi connectivity index (χ4v) is 1.78. The lowest BCUT2D eigenvalue weighted by molar-refractivity contribution is -0.126. The van der Waals surface area contributed by atoms with Crippen molar-refractivity contribution in [3.63, 3.8) is 0 Å². The van der Waals surface area contributed by atoms with E-state index in [1.54, 1.807) is 0 Å². The lowest BCUT2D eigenvalue weighted by atomic mass is 9.95. The van der Waals surface area contributed by atoms with Gasteiger partial charge in [-0.25, -0.2) is 0 Å². The molecule has 0 unspecified atom stereocenters. The summed E-state index contributed by atoms with van der Waals surface area (Å²) in [6.07, 6.45) is 6.76. The van der Waals surface area contributed by atoms with E-state index in [1.165, 1.54) is 19.3 Å². The molecule has 1 fully saturated rings. The van der Waals surface area contributed by atoms with Crippen LogP contribution in [0.1, 0.15) is 38.5 Å². The number of hydrogen-bond donors (Lipinski definition) is 1. The first-order valence-electron chi connectivity index (χ1n) is 5.49. The Labute approximate surface area is 86.2 Å². The first-order chi connectivity index (χ1) is 6.83. The molecule has 0 spiro atoms. The molecular formula is C11H20NO2. The molecule has 3 nitrogen and oxygen atoms in total. The molecule has 0 saturated heterocycles. The Balaban J connectivity index is 2.06.